The minimum absolute atomic E-state index is 0.128. The van der Waals surface area contributed by atoms with Gasteiger partial charge in [-0.2, -0.15) is 0 Å². The number of aliphatic carboxylic acids is 1. The summed E-state index contributed by atoms with van der Waals surface area (Å²) in [6.45, 7) is 0. The molecule has 0 aromatic heterocycles. The molecule has 0 fully saturated rings. The van der Waals surface area contributed by atoms with Crippen molar-refractivity contribution in [3.8, 4) is 0 Å². The van der Waals surface area contributed by atoms with Crippen LogP contribution in [0.1, 0.15) is 11.1 Å². The Balaban J connectivity index is 1.96. The average Bonchev–Trinajstić information content (AvgIpc) is 2.62. The molecule has 2 rings (SSSR count). The predicted octanol–water partition coefficient (Wildman–Crippen LogP) is 0.729. The fraction of sp³-hybridized carbons (Fsp3) is 0.263. The lowest BCUT2D eigenvalue weighted by atomic mass is 10.0. The molecule has 3 atom stereocenters. The lowest BCUT2D eigenvalue weighted by Gasteiger charge is -2.21. The number of benzene rings is 2. The van der Waals surface area contributed by atoms with Gasteiger partial charge < -0.3 is 21.3 Å². The first kappa shape index (κ1) is 18.6. The normalized spacial score (nSPS) is 14.3. The molecule has 132 valence electrons. The van der Waals surface area contributed by atoms with Crippen molar-refractivity contribution in [2.24, 2.45) is 5.73 Å². The zero-order valence-corrected chi connectivity index (χ0v) is 13.7. The molecule has 6 nitrogen and oxygen atoms in total. The molecule has 0 aliphatic rings. The molecular weight excluding hydrogens is 320 g/mol. The van der Waals surface area contributed by atoms with E-state index in [-0.39, 0.29) is 6.42 Å². The second kappa shape index (κ2) is 8.96. The quantitative estimate of drug-likeness (QED) is 0.565. The van der Waals surface area contributed by atoms with E-state index in [0.717, 1.165) is 11.1 Å². The van der Waals surface area contributed by atoms with Gasteiger partial charge in [-0.3, -0.25) is 4.79 Å². The highest BCUT2D eigenvalue weighted by Crippen LogP contribution is 2.07. The lowest BCUT2D eigenvalue weighted by molar-refractivity contribution is -0.143. The highest BCUT2D eigenvalue weighted by atomic mass is 16.4. The van der Waals surface area contributed by atoms with Crippen molar-refractivity contribution >= 4 is 11.9 Å². The topological polar surface area (TPSA) is 113 Å². The van der Waals surface area contributed by atoms with Crippen LogP contribution >= 0.6 is 0 Å². The Kier molecular flexibility index (Phi) is 6.68. The van der Waals surface area contributed by atoms with E-state index in [0.29, 0.717) is 6.42 Å². The van der Waals surface area contributed by atoms with E-state index >= 15 is 0 Å². The van der Waals surface area contributed by atoms with Crippen molar-refractivity contribution in [2.75, 3.05) is 0 Å². The maximum atomic E-state index is 12.2. The Hall–Kier alpha value is -2.70. The fourth-order valence-electron chi connectivity index (χ4n) is 2.50. The molecule has 5 N–H and O–H groups in total. The Bertz CT molecular complexity index is 691. The highest BCUT2D eigenvalue weighted by molar-refractivity contribution is 5.86. The summed E-state index contributed by atoms with van der Waals surface area (Å²) in [6.07, 6.45) is -1.05. The molecule has 1 amide bonds. The number of carboxylic acids is 1. The van der Waals surface area contributed by atoms with Crippen LogP contribution < -0.4 is 11.1 Å². The van der Waals surface area contributed by atoms with Crippen molar-refractivity contribution in [3.63, 3.8) is 0 Å². The van der Waals surface area contributed by atoms with Gasteiger partial charge in [0.2, 0.25) is 0 Å². The molecular formula is C19H22N2O4. The first-order valence-corrected chi connectivity index (χ1v) is 8.02. The first-order valence-electron chi connectivity index (χ1n) is 8.02. The third kappa shape index (κ3) is 5.70. The van der Waals surface area contributed by atoms with Gasteiger partial charge in [0.25, 0.3) is 5.91 Å². The summed E-state index contributed by atoms with van der Waals surface area (Å²) in [5.41, 5.74) is 7.56. The van der Waals surface area contributed by atoms with Gasteiger partial charge in [-0.05, 0) is 17.5 Å². The van der Waals surface area contributed by atoms with Crippen LogP contribution in [0.4, 0.5) is 0 Å². The summed E-state index contributed by atoms with van der Waals surface area (Å²) in [5, 5.41) is 21.8. The largest absolute Gasteiger partial charge is 0.480 e. The van der Waals surface area contributed by atoms with Crippen LogP contribution in [-0.4, -0.2) is 40.3 Å². The van der Waals surface area contributed by atoms with E-state index in [1.807, 2.05) is 36.4 Å². The SMILES string of the molecule is N[C@H](Cc1ccccc1)[C@H](O)C(=O)N[C@@H](Cc1ccccc1)C(=O)O. The van der Waals surface area contributed by atoms with E-state index in [9.17, 15) is 19.8 Å². The van der Waals surface area contributed by atoms with E-state index in [2.05, 4.69) is 5.32 Å². The monoisotopic (exact) mass is 342 g/mol. The van der Waals surface area contributed by atoms with Crippen molar-refractivity contribution in [3.05, 3.63) is 71.8 Å². The minimum atomic E-state index is -1.49. The molecule has 25 heavy (non-hydrogen) atoms. The third-order valence-corrected chi connectivity index (χ3v) is 3.89. The number of aliphatic hydroxyl groups is 1. The zero-order chi connectivity index (χ0) is 18.2. The Morgan fingerprint density at radius 2 is 1.40 bits per heavy atom. The van der Waals surface area contributed by atoms with E-state index in [4.69, 9.17) is 5.73 Å². The molecule has 0 saturated heterocycles. The Morgan fingerprint density at radius 3 is 1.88 bits per heavy atom. The fourth-order valence-corrected chi connectivity index (χ4v) is 2.50. The molecule has 0 unspecified atom stereocenters. The third-order valence-electron chi connectivity index (χ3n) is 3.89. The molecule has 0 radical (unpaired) electrons. The summed E-state index contributed by atoms with van der Waals surface area (Å²) in [5.74, 6) is -1.95. The van der Waals surface area contributed by atoms with Gasteiger partial charge in [0.1, 0.15) is 12.1 Å². The van der Waals surface area contributed by atoms with Gasteiger partial charge >= 0.3 is 5.97 Å². The Labute approximate surface area is 146 Å². The summed E-state index contributed by atoms with van der Waals surface area (Å²) in [4.78, 5) is 23.6. The van der Waals surface area contributed by atoms with Gasteiger partial charge in [0.05, 0.1) is 0 Å². The van der Waals surface area contributed by atoms with Crippen LogP contribution in [0.3, 0.4) is 0 Å². The number of amides is 1. The van der Waals surface area contributed by atoms with Gasteiger partial charge in [0, 0.05) is 12.5 Å². The van der Waals surface area contributed by atoms with Gasteiger partial charge in [-0.1, -0.05) is 60.7 Å². The molecule has 0 heterocycles. The number of hydrogen-bond donors (Lipinski definition) is 4. The number of hydrogen-bond acceptors (Lipinski definition) is 4. The van der Waals surface area contributed by atoms with Crippen LogP contribution in [0.2, 0.25) is 0 Å². The number of carbonyl (C=O) groups is 2. The maximum Gasteiger partial charge on any atom is 0.326 e. The first-order chi connectivity index (χ1) is 12.0. The van der Waals surface area contributed by atoms with Gasteiger partial charge in [-0.25, -0.2) is 4.79 Å². The van der Waals surface area contributed by atoms with Crippen molar-refractivity contribution in [1.82, 2.24) is 5.32 Å². The molecule has 0 aliphatic carbocycles. The molecule has 6 heteroatoms. The second-order valence-electron chi connectivity index (χ2n) is 5.89. The number of carboxylic acid groups (broad SMARTS) is 1. The van der Waals surface area contributed by atoms with Crippen molar-refractivity contribution < 1.29 is 19.8 Å². The number of carbonyl (C=O) groups excluding carboxylic acids is 1. The summed E-state index contributed by atoms with van der Waals surface area (Å²) in [6, 6.07) is 16.2. The maximum absolute atomic E-state index is 12.2. The van der Waals surface area contributed by atoms with Crippen LogP contribution in [0.5, 0.6) is 0 Å². The van der Waals surface area contributed by atoms with Crippen molar-refractivity contribution in [1.29, 1.82) is 0 Å². The number of nitrogens with two attached hydrogens (primary N) is 1. The van der Waals surface area contributed by atoms with E-state index < -0.39 is 30.1 Å². The summed E-state index contributed by atoms with van der Waals surface area (Å²) in [7, 11) is 0. The lowest BCUT2D eigenvalue weighted by Crippen LogP contribution is -2.52. The van der Waals surface area contributed by atoms with Crippen LogP contribution in [-0.2, 0) is 22.4 Å². The predicted molar refractivity (Wildman–Crippen MR) is 93.8 cm³/mol. The molecule has 0 spiro atoms. The molecule has 0 bridgehead atoms. The Morgan fingerprint density at radius 1 is 0.920 bits per heavy atom. The van der Waals surface area contributed by atoms with E-state index in [1.165, 1.54) is 0 Å². The van der Waals surface area contributed by atoms with Gasteiger partial charge in [0.15, 0.2) is 0 Å². The molecule has 2 aromatic rings. The van der Waals surface area contributed by atoms with Crippen LogP contribution in [0, 0.1) is 0 Å². The number of aliphatic hydroxyl groups excluding tert-OH is 1. The molecule has 2 aromatic carbocycles. The van der Waals surface area contributed by atoms with Gasteiger partial charge in [-0.15, -0.1) is 0 Å². The standard InChI is InChI=1S/C19H22N2O4/c20-15(11-13-7-3-1-4-8-13)17(22)18(23)21-16(19(24)25)12-14-9-5-2-6-10-14/h1-10,15-17,22H,11-12,20H2,(H,21,23)(H,24,25)/t15-,16+,17+/m1/s1. The smallest absolute Gasteiger partial charge is 0.326 e. The number of nitrogens with one attached hydrogen (secondary N) is 1. The zero-order valence-electron chi connectivity index (χ0n) is 13.7. The average molecular weight is 342 g/mol. The molecule has 0 saturated carbocycles. The van der Waals surface area contributed by atoms with E-state index in [1.54, 1.807) is 24.3 Å². The van der Waals surface area contributed by atoms with Crippen LogP contribution in [0.25, 0.3) is 0 Å². The second-order valence-corrected chi connectivity index (χ2v) is 5.89. The van der Waals surface area contributed by atoms with Crippen molar-refractivity contribution in [2.45, 2.75) is 31.0 Å². The number of rotatable bonds is 8. The summed E-state index contributed by atoms with van der Waals surface area (Å²) >= 11 is 0. The highest BCUT2D eigenvalue weighted by Gasteiger charge is 2.28. The minimum Gasteiger partial charge on any atom is -0.480 e. The summed E-state index contributed by atoms with van der Waals surface area (Å²) < 4.78 is 0. The molecule has 0 aliphatic heterocycles. The van der Waals surface area contributed by atoms with Crippen LogP contribution in [0.15, 0.2) is 60.7 Å².